The normalized spacial score (nSPS) is 12.0. The van der Waals surface area contributed by atoms with Gasteiger partial charge in [-0.2, -0.15) is 5.10 Å². The van der Waals surface area contributed by atoms with Gasteiger partial charge in [0.05, 0.1) is 11.9 Å². The molecule has 1 aromatic carbocycles. The Balaban J connectivity index is 0.00000182. The highest BCUT2D eigenvalue weighted by molar-refractivity contribution is 5.85. The molecule has 0 atom stereocenters. The number of fused-ring (bicyclic) bond motifs is 1. The van der Waals surface area contributed by atoms with Gasteiger partial charge < -0.3 is 14.8 Å². The van der Waals surface area contributed by atoms with Crippen LogP contribution < -0.4 is 14.8 Å². The van der Waals surface area contributed by atoms with Gasteiger partial charge in [0, 0.05) is 42.5 Å². The molecule has 0 aliphatic carbocycles. The van der Waals surface area contributed by atoms with Crippen LogP contribution in [-0.2, 0) is 13.0 Å². The van der Waals surface area contributed by atoms with E-state index in [0.717, 1.165) is 53.5 Å². The maximum Gasteiger partial charge on any atom is 0.231 e. The van der Waals surface area contributed by atoms with Crippen molar-refractivity contribution in [2.75, 3.05) is 13.3 Å². The van der Waals surface area contributed by atoms with E-state index in [9.17, 15) is 0 Å². The number of hydrogen-bond acceptors (Lipinski definition) is 5. The molecule has 1 aliphatic rings. The minimum atomic E-state index is 0. The third-order valence-electron chi connectivity index (χ3n) is 3.98. The van der Waals surface area contributed by atoms with E-state index in [1.165, 1.54) is 0 Å². The lowest BCUT2D eigenvalue weighted by atomic mass is 10.1. The standard InChI is InChI=1S/C18H18N4O2.ClH/c1-2-7-20-15(3-1)6-8-19-10-14-11-21-22-18(14)13-4-5-16-17(9-13)24-12-23-16;/h1-5,7,9,11,19H,6,8,10,12H2,(H,21,22);1H. The molecule has 2 N–H and O–H groups in total. The Kier molecular flexibility index (Phi) is 5.53. The summed E-state index contributed by atoms with van der Waals surface area (Å²) in [7, 11) is 0. The quantitative estimate of drug-likeness (QED) is 0.663. The number of pyridine rings is 1. The number of rotatable bonds is 6. The molecule has 3 heterocycles. The van der Waals surface area contributed by atoms with Crippen molar-refractivity contribution in [3.63, 3.8) is 0 Å². The number of nitrogens with zero attached hydrogens (tertiary/aromatic N) is 2. The summed E-state index contributed by atoms with van der Waals surface area (Å²) in [6.07, 6.45) is 4.58. The molecule has 0 radical (unpaired) electrons. The fourth-order valence-corrected chi connectivity index (χ4v) is 2.73. The number of H-pyrrole nitrogens is 1. The minimum absolute atomic E-state index is 0. The molecule has 0 spiro atoms. The fourth-order valence-electron chi connectivity index (χ4n) is 2.73. The monoisotopic (exact) mass is 358 g/mol. The molecule has 130 valence electrons. The fraction of sp³-hybridized carbons (Fsp3) is 0.222. The second-order valence-electron chi connectivity index (χ2n) is 5.59. The van der Waals surface area contributed by atoms with Gasteiger partial charge in [-0.3, -0.25) is 10.1 Å². The average Bonchev–Trinajstić information content (AvgIpc) is 3.28. The summed E-state index contributed by atoms with van der Waals surface area (Å²) < 4.78 is 10.8. The molecular formula is C18H19ClN4O2. The van der Waals surface area contributed by atoms with Crippen molar-refractivity contribution in [2.45, 2.75) is 13.0 Å². The van der Waals surface area contributed by atoms with Crippen molar-refractivity contribution < 1.29 is 9.47 Å². The molecule has 2 aromatic heterocycles. The van der Waals surface area contributed by atoms with Crippen LogP contribution in [-0.4, -0.2) is 28.5 Å². The zero-order chi connectivity index (χ0) is 16.2. The molecule has 0 unspecified atom stereocenters. The van der Waals surface area contributed by atoms with Crippen LogP contribution in [0.4, 0.5) is 0 Å². The first-order valence-corrected chi connectivity index (χ1v) is 7.93. The van der Waals surface area contributed by atoms with Gasteiger partial charge >= 0.3 is 0 Å². The van der Waals surface area contributed by atoms with E-state index in [0.29, 0.717) is 0 Å². The topological polar surface area (TPSA) is 72.1 Å². The third kappa shape index (κ3) is 3.92. The maximum absolute atomic E-state index is 5.45. The predicted octanol–water partition coefficient (Wildman–Crippen LogP) is 2.95. The summed E-state index contributed by atoms with van der Waals surface area (Å²) in [4.78, 5) is 4.33. The molecule has 1 aliphatic heterocycles. The van der Waals surface area contributed by atoms with Gasteiger partial charge in [0.15, 0.2) is 11.5 Å². The first kappa shape index (κ1) is 17.3. The highest BCUT2D eigenvalue weighted by Crippen LogP contribution is 2.36. The van der Waals surface area contributed by atoms with Gasteiger partial charge in [-0.15, -0.1) is 12.4 Å². The van der Waals surface area contributed by atoms with E-state index in [1.54, 1.807) is 0 Å². The Labute approximate surface area is 152 Å². The molecule has 25 heavy (non-hydrogen) atoms. The average molecular weight is 359 g/mol. The van der Waals surface area contributed by atoms with Gasteiger partial charge in [0.25, 0.3) is 0 Å². The van der Waals surface area contributed by atoms with Crippen LogP contribution in [0.5, 0.6) is 11.5 Å². The van der Waals surface area contributed by atoms with E-state index < -0.39 is 0 Å². The Hall–Kier alpha value is -2.57. The van der Waals surface area contributed by atoms with Crippen molar-refractivity contribution in [1.29, 1.82) is 0 Å². The van der Waals surface area contributed by atoms with Gasteiger partial charge in [0.2, 0.25) is 6.79 Å². The zero-order valence-electron chi connectivity index (χ0n) is 13.6. The van der Waals surface area contributed by atoms with E-state index in [4.69, 9.17) is 9.47 Å². The molecule has 0 saturated carbocycles. The summed E-state index contributed by atoms with van der Waals surface area (Å²) in [5, 5.41) is 10.7. The largest absolute Gasteiger partial charge is 0.454 e. The molecule has 6 nitrogen and oxygen atoms in total. The number of hydrogen-bond donors (Lipinski definition) is 2. The van der Waals surface area contributed by atoms with Crippen LogP contribution in [0.25, 0.3) is 11.3 Å². The lowest BCUT2D eigenvalue weighted by molar-refractivity contribution is 0.174. The number of aromatic amines is 1. The summed E-state index contributed by atoms with van der Waals surface area (Å²) in [6, 6.07) is 11.9. The number of benzene rings is 1. The third-order valence-corrected chi connectivity index (χ3v) is 3.98. The van der Waals surface area contributed by atoms with Crippen molar-refractivity contribution in [3.05, 3.63) is 60.0 Å². The summed E-state index contributed by atoms with van der Waals surface area (Å²) in [5.74, 6) is 1.56. The highest BCUT2D eigenvalue weighted by atomic mass is 35.5. The van der Waals surface area contributed by atoms with E-state index >= 15 is 0 Å². The Morgan fingerprint density at radius 1 is 1.12 bits per heavy atom. The number of aromatic nitrogens is 3. The Bertz CT molecular complexity index is 823. The highest BCUT2D eigenvalue weighted by Gasteiger charge is 2.16. The van der Waals surface area contributed by atoms with Crippen LogP contribution in [0, 0.1) is 0 Å². The van der Waals surface area contributed by atoms with E-state index in [-0.39, 0.29) is 19.2 Å². The minimum Gasteiger partial charge on any atom is -0.454 e. The van der Waals surface area contributed by atoms with E-state index in [2.05, 4.69) is 20.5 Å². The van der Waals surface area contributed by atoms with Crippen LogP contribution >= 0.6 is 12.4 Å². The first-order chi connectivity index (χ1) is 11.9. The first-order valence-electron chi connectivity index (χ1n) is 7.93. The molecule has 0 saturated heterocycles. The summed E-state index contributed by atoms with van der Waals surface area (Å²) in [5.41, 5.74) is 4.25. The smallest absolute Gasteiger partial charge is 0.231 e. The molecule has 3 aromatic rings. The van der Waals surface area contributed by atoms with Crippen molar-refractivity contribution in [1.82, 2.24) is 20.5 Å². The van der Waals surface area contributed by atoms with Crippen molar-refractivity contribution >= 4 is 12.4 Å². The molecule has 4 rings (SSSR count). The van der Waals surface area contributed by atoms with Gasteiger partial charge in [-0.25, -0.2) is 0 Å². The van der Waals surface area contributed by atoms with Crippen molar-refractivity contribution in [3.8, 4) is 22.8 Å². The molecule has 0 fully saturated rings. The lowest BCUT2D eigenvalue weighted by Crippen LogP contribution is -2.17. The van der Waals surface area contributed by atoms with Gasteiger partial charge in [-0.05, 0) is 30.3 Å². The molecule has 0 bridgehead atoms. The summed E-state index contributed by atoms with van der Waals surface area (Å²) >= 11 is 0. The molecule has 7 heteroatoms. The van der Waals surface area contributed by atoms with Crippen LogP contribution in [0.15, 0.2) is 48.8 Å². The van der Waals surface area contributed by atoms with Crippen LogP contribution in [0.3, 0.4) is 0 Å². The van der Waals surface area contributed by atoms with Crippen LogP contribution in [0.1, 0.15) is 11.3 Å². The number of nitrogens with one attached hydrogen (secondary N) is 2. The Morgan fingerprint density at radius 2 is 2.04 bits per heavy atom. The second-order valence-corrected chi connectivity index (χ2v) is 5.59. The number of ether oxygens (including phenoxy) is 2. The molecular weight excluding hydrogens is 340 g/mol. The Morgan fingerprint density at radius 3 is 2.92 bits per heavy atom. The zero-order valence-corrected chi connectivity index (χ0v) is 14.4. The second kappa shape index (κ2) is 8.00. The predicted molar refractivity (Wildman–Crippen MR) is 97.0 cm³/mol. The molecule has 0 amide bonds. The van der Waals surface area contributed by atoms with E-state index in [1.807, 2.05) is 48.8 Å². The maximum atomic E-state index is 5.45. The van der Waals surface area contributed by atoms with Gasteiger partial charge in [-0.1, -0.05) is 6.07 Å². The summed E-state index contributed by atoms with van der Waals surface area (Å²) in [6.45, 7) is 1.89. The lowest BCUT2D eigenvalue weighted by Gasteiger charge is -2.06. The van der Waals surface area contributed by atoms with Crippen LogP contribution in [0.2, 0.25) is 0 Å². The SMILES string of the molecule is Cl.c1ccc(CCNCc2cn[nH]c2-c2ccc3c(c2)OCO3)nc1. The number of halogens is 1. The van der Waals surface area contributed by atoms with Crippen molar-refractivity contribution in [2.24, 2.45) is 0 Å². The van der Waals surface area contributed by atoms with Gasteiger partial charge in [0.1, 0.15) is 0 Å².